The van der Waals surface area contributed by atoms with Crippen LogP contribution >= 0.6 is 0 Å². The topological polar surface area (TPSA) is 6.48 Å². The van der Waals surface area contributed by atoms with Gasteiger partial charge in [0.1, 0.15) is 0 Å². The largest absolute Gasteiger partial charge is 0.341 e. The molecule has 2 aliphatic heterocycles. The van der Waals surface area contributed by atoms with Gasteiger partial charge >= 0.3 is 0 Å². The zero-order valence-corrected chi connectivity index (χ0v) is 40.2. The van der Waals surface area contributed by atoms with E-state index in [1.54, 1.807) is 0 Å². The second-order valence-corrected chi connectivity index (χ2v) is 22.0. The van der Waals surface area contributed by atoms with Gasteiger partial charge in [-0.1, -0.05) is 172 Å². The van der Waals surface area contributed by atoms with Crippen molar-refractivity contribution in [3.63, 3.8) is 0 Å². The second-order valence-electron chi connectivity index (χ2n) is 22.0. The second kappa shape index (κ2) is 14.8. The van der Waals surface area contributed by atoms with Gasteiger partial charge in [-0.05, 0) is 182 Å². The highest BCUT2D eigenvalue weighted by atomic mass is 15.2. The molecule has 0 saturated carbocycles. The number of rotatable bonds is 4. The quantitative estimate of drug-likeness (QED) is 0.162. The predicted octanol–water partition coefficient (Wildman–Crippen LogP) is 16.1. The van der Waals surface area contributed by atoms with E-state index in [1.165, 1.54) is 129 Å². The molecule has 2 heterocycles. The van der Waals surface area contributed by atoms with Gasteiger partial charge in [-0.25, -0.2) is 0 Å². The van der Waals surface area contributed by atoms with Crippen molar-refractivity contribution in [3.8, 4) is 22.3 Å². The van der Waals surface area contributed by atoms with Crippen LogP contribution in [-0.2, 0) is 48.3 Å². The van der Waals surface area contributed by atoms with E-state index in [-0.39, 0.29) is 16.2 Å². The van der Waals surface area contributed by atoms with Crippen LogP contribution in [0.25, 0.3) is 34.4 Å². The summed E-state index contributed by atoms with van der Waals surface area (Å²) < 4.78 is 0. The molecule has 0 atom stereocenters. The Balaban J connectivity index is 0.810. The molecule has 0 fully saturated rings. The van der Waals surface area contributed by atoms with Crippen molar-refractivity contribution in [1.82, 2.24) is 0 Å². The van der Waals surface area contributed by atoms with Crippen LogP contribution in [0.4, 0.5) is 22.7 Å². The van der Waals surface area contributed by atoms with Crippen molar-refractivity contribution in [2.24, 2.45) is 0 Å². The maximum atomic E-state index is 2.61. The number of aryl methyl sites for hydroxylation is 1. The van der Waals surface area contributed by atoms with Gasteiger partial charge in [0.2, 0.25) is 0 Å². The summed E-state index contributed by atoms with van der Waals surface area (Å²) in [4.78, 5) is 5.19. The van der Waals surface area contributed by atoms with Crippen molar-refractivity contribution >= 4 is 34.9 Å². The highest BCUT2D eigenvalue weighted by molar-refractivity contribution is 5.90. The van der Waals surface area contributed by atoms with Crippen LogP contribution in [0.5, 0.6) is 0 Å². The summed E-state index contributed by atoms with van der Waals surface area (Å²) >= 11 is 0. The summed E-state index contributed by atoms with van der Waals surface area (Å²) in [5.74, 6) is 0. The Kier molecular flexibility index (Phi) is 8.55. The van der Waals surface area contributed by atoms with E-state index in [2.05, 4.69) is 218 Å². The monoisotopic (exact) mass is 900 g/mol. The molecule has 8 aromatic rings. The molecule has 0 N–H and O–H groups in total. The molecule has 0 amide bonds. The number of benzene rings is 8. The number of hydrogen-bond donors (Lipinski definition) is 0. The first-order chi connectivity index (χ1) is 34.4. The SMILES string of the molecule is CC1(C)C2=C(CCC=C2)N(c2ccc3c(c2)C2(Cc4ccccc4C2)c2cc(/C=C/c4ccc5c(c4)C4(Cc6ccccc6C4)c4cc(N6CCCc7ccccc76)ccc4-5)ccc2-3)c2ccccc21. The molecule has 15 rings (SSSR count). The lowest BCUT2D eigenvalue weighted by molar-refractivity contribution is 0.563. The molecule has 0 unspecified atom stereocenters. The van der Waals surface area contributed by atoms with Crippen molar-refractivity contribution in [2.45, 2.75) is 81.5 Å². The first kappa shape index (κ1) is 40.5. The van der Waals surface area contributed by atoms with Gasteiger partial charge in [0.05, 0.1) is 0 Å². The first-order valence-electron chi connectivity index (χ1n) is 25.9. The standard InChI is InChI=1S/C68H56N2/c1-66(2)57-20-8-11-23-64(57)70(65-24-12-9-21-58(65)66)52-30-34-56-54-32-28-45(37-60(54)68(62(56)39-52)42-49-17-5-6-18-50(49)43-68)26-25-44-27-31-53-55-33-29-51(69-35-13-19-46-14-7-10-22-63(46)69)38-61(55)67(59(53)36-44)40-47-15-3-4-16-48(47)41-67/h3-11,14-18,20-23,25-34,36-39H,12-13,19,24,35,40-43H2,1-2H3/b26-25+. The molecular formula is C68H56N2. The molecule has 0 bridgehead atoms. The Hall–Kier alpha value is -7.42. The first-order valence-corrected chi connectivity index (χ1v) is 25.9. The number of para-hydroxylation sites is 2. The van der Waals surface area contributed by atoms with E-state index in [1.807, 2.05) is 0 Å². The third-order valence-electron chi connectivity index (χ3n) is 18.0. The molecule has 70 heavy (non-hydrogen) atoms. The minimum atomic E-state index is -0.134. The van der Waals surface area contributed by atoms with Crippen LogP contribution < -0.4 is 9.80 Å². The summed E-state index contributed by atoms with van der Waals surface area (Å²) in [5.41, 5.74) is 30.7. The lowest BCUT2D eigenvalue weighted by Crippen LogP contribution is -2.35. The number of fused-ring (bicyclic) bond motifs is 14. The third-order valence-corrected chi connectivity index (χ3v) is 18.0. The summed E-state index contributed by atoms with van der Waals surface area (Å²) in [6.07, 6.45) is 18.1. The molecule has 7 aliphatic rings. The fourth-order valence-corrected chi connectivity index (χ4v) is 14.7. The van der Waals surface area contributed by atoms with Crippen LogP contribution in [0.15, 0.2) is 193 Å². The fraction of sp³-hybridized carbons (Fsp3) is 0.206. The van der Waals surface area contributed by atoms with Crippen molar-refractivity contribution in [1.29, 1.82) is 0 Å². The predicted molar refractivity (Wildman–Crippen MR) is 291 cm³/mol. The normalized spacial score (nSPS) is 18.6. The van der Waals surface area contributed by atoms with Crippen molar-refractivity contribution in [2.75, 3.05) is 16.3 Å². The Bertz CT molecular complexity index is 3600. The van der Waals surface area contributed by atoms with Gasteiger partial charge < -0.3 is 9.80 Å². The Morgan fingerprint density at radius 1 is 0.443 bits per heavy atom. The zero-order chi connectivity index (χ0) is 46.3. The average Bonchev–Trinajstić information content (AvgIpc) is 4.14. The lowest BCUT2D eigenvalue weighted by atomic mass is 9.71. The molecule has 8 aromatic carbocycles. The van der Waals surface area contributed by atoms with Gasteiger partial charge in [0, 0.05) is 51.2 Å². The van der Waals surface area contributed by atoms with Crippen molar-refractivity contribution < 1.29 is 0 Å². The van der Waals surface area contributed by atoms with Gasteiger partial charge in [0.25, 0.3) is 0 Å². The Labute approximate surface area is 413 Å². The number of allylic oxidation sites excluding steroid dienone is 4. The van der Waals surface area contributed by atoms with Crippen LogP contribution in [-0.4, -0.2) is 6.54 Å². The van der Waals surface area contributed by atoms with Crippen LogP contribution in [0, 0.1) is 0 Å². The van der Waals surface area contributed by atoms with Gasteiger partial charge in [-0.2, -0.15) is 0 Å². The molecular weight excluding hydrogens is 845 g/mol. The summed E-state index contributed by atoms with van der Waals surface area (Å²) in [6, 6.07) is 66.0. The van der Waals surface area contributed by atoms with Crippen molar-refractivity contribution in [3.05, 3.63) is 260 Å². The van der Waals surface area contributed by atoms with Gasteiger partial charge in [-0.15, -0.1) is 0 Å². The molecule has 0 radical (unpaired) electrons. The number of nitrogens with zero attached hydrogens (tertiary/aromatic N) is 2. The molecule has 0 saturated heterocycles. The Morgan fingerprint density at radius 3 is 1.53 bits per heavy atom. The summed E-state index contributed by atoms with van der Waals surface area (Å²) in [7, 11) is 0. The average molecular weight is 901 g/mol. The molecule has 2 heteroatoms. The molecule has 2 nitrogen and oxygen atoms in total. The minimum absolute atomic E-state index is 0.0517. The smallest absolute Gasteiger partial charge is 0.0499 e. The van der Waals surface area contributed by atoms with Crippen LogP contribution in [0.3, 0.4) is 0 Å². The molecule has 338 valence electrons. The molecule has 2 spiro atoms. The fourth-order valence-electron chi connectivity index (χ4n) is 14.7. The van der Waals surface area contributed by atoms with Gasteiger partial charge in [0.15, 0.2) is 0 Å². The number of anilines is 4. The van der Waals surface area contributed by atoms with E-state index in [9.17, 15) is 0 Å². The third kappa shape index (κ3) is 5.68. The summed E-state index contributed by atoms with van der Waals surface area (Å²) in [5, 5.41) is 0. The van der Waals surface area contributed by atoms with E-state index >= 15 is 0 Å². The van der Waals surface area contributed by atoms with E-state index in [0.717, 1.165) is 51.5 Å². The Morgan fingerprint density at radius 2 is 0.929 bits per heavy atom. The molecule has 5 aliphatic carbocycles. The van der Waals surface area contributed by atoms with Gasteiger partial charge in [-0.3, -0.25) is 0 Å². The molecule has 0 aromatic heterocycles. The minimum Gasteiger partial charge on any atom is -0.341 e. The van der Waals surface area contributed by atoms with Crippen LogP contribution in [0.2, 0.25) is 0 Å². The van der Waals surface area contributed by atoms with E-state index in [0.29, 0.717) is 0 Å². The zero-order valence-electron chi connectivity index (χ0n) is 40.2. The summed E-state index contributed by atoms with van der Waals surface area (Å²) in [6.45, 7) is 5.87. The van der Waals surface area contributed by atoms with E-state index in [4.69, 9.17) is 0 Å². The lowest BCUT2D eigenvalue weighted by Gasteiger charge is -2.44. The maximum absolute atomic E-state index is 2.61. The van der Waals surface area contributed by atoms with E-state index < -0.39 is 0 Å². The van der Waals surface area contributed by atoms with Crippen LogP contribution in [0.1, 0.15) is 99.9 Å². The maximum Gasteiger partial charge on any atom is 0.0499 e. The highest BCUT2D eigenvalue weighted by Gasteiger charge is 2.49. The highest BCUT2D eigenvalue weighted by Crippen LogP contribution is 2.59. The number of hydrogen-bond acceptors (Lipinski definition) is 2.